The minimum atomic E-state index is -0.245. The van der Waals surface area contributed by atoms with Gasteiger partial charge in [0, 0.05) is 13.2 Å². The maximum Gasteiger partial charge on any atom is 0.172 e. The second-order valence-electron chi connectivity index (χ2n) is 4.71. The Balaban J connectivity index is 2.72. The average Bonchev–Trinajstić information content (AvgIpc) is 2.45. The zero-order valence-corrected chi connectivity index (χ0v) is 12.8. The predicted molar refractivity (Wildman–Crippen MR) is 80.9 cm³/mol. The number of benzene rings is 1. The summed E-state index contributed by atoms with van der Waals surface area (Å²) in [6.07, 6.45) is 1.63. The molecule has 0 amide bonds. The van der Waals surface area contributed by atoms with Crippen LogP contribution < -0.4 is 5.32 Å². The molecule has 0 saturated heterocycles. The summed E-state index contributed by atoms with van der Waals surface area (Å²) in [4.78, 5) is 0. The molecule has 0 spiro atoms. The predicted octanol–water partition coefficient (Wildman–Crippen LogP) is 2.70. The molecule has 0 fully saturated rings. The molecule has 2 N–H and O–H groups in total. The third-order valence-electron chi connectivity index (χ3n) is 3.04. The summed E-state index contributed by atoms with van der Waals surface area (Å²) in [5.41, 5.74) is 1.15. The van der Waals surface area contributed by atoms with Crippen molar-refractivity contribution >= 4 is 0 Å². The Kier molecular flexibility index (Phi) is 8.26. The van der Waals surface area contributed by atoms with E-state index in [1.54, 1.807) is 12.1 Å². The van der Waals surface area contributed by atoms with E-state index in [-0.39, 0.29) is 18.1 Å². The zero-order chi connectivity index (χ0) is 14.8. The van der Waals surface area contributed by atoms with Crippen molar-refractivity contribution in [1.29, 1.82) is 0 Å². The first kappa shape index (κ1) is 17.0. The highest BCUT2D eigenvalue weighted by Gasteiger charge is 2.22. The molecule has 0 aromatic heterocycles. The smallest absolute Gasteiger partial charge is 0.172 e. The second kappa shape index (κ2) is 9.75. The Morgan fingerprint density at radius 1 is 1.05 bits per heavy atom. The van der Waals surface area contributed by atoms with Crippen molar-refractivity contribution in [3.05, 3.63) is 29.8 Å². The second-order valence-corrected chi connectivity index (χ2v) is 4.71. The van der Waals surface area contributed by atoms with Gasteiger partial charge >= 0.3 is 0 Å². The van der Waals surface area contributed by atoms with E-state index in [0.29, 0.717) is 13.2 Å². The van der Waals surface area contributed by atoms with Crippen molar-refractivity contribution < 1.29 is 14.6 Å². The van der Waals surface area contributed by atoms with E-state index in [4.69, 9.17) is 9.47 Å². The fraction of sp³-hybridized carbons (Fsp3) is 0.625. The highest BCUT2D eigenvalue weighted by atomic mass is 16.7. The number of nitrogens with one attached hydrogen (secondary N) is 1. The fourth-order valence-corrected chi connectivity index (χ4v) is 2.09. The summed E-state index contributed by atoms with van der Waals surface area (Å²) >= 11 is 0. The van der Waals surface area contributed by atoms with Crippen LogP contribution in [0.4, 0.5) is 0 Å². The molecule has 1 aromatic carbocycles. The molecular formula is C16H27NO3. The van der Waals surface area contributed by atoms with Gasteiger partial charge in [-0.3, -0.25) is 0 Å². The normalized spacial score (nSPS) is 12.8. The summed E-state index contributed by atoms with van der Waals surface area (Å²) in [6.45, 7) is 8.28. The third kappa shape index (κ3) is 5.90. The van der Waals surface area contributed by atoms with Crippen LogP contribution in [0, 0.1) is 0 Å². The van der Waals surface area contributed by atoms with Crippen molar-refractivity contribution in [2.45, 2.75) is 45.9 Å². The van der Waals surface area contributed by atoms with Gasteiger partial charge in [-0.25, -0.2) is 0 Å². The molecule has 0 aliphatic carbocycles. The van der Waals surface area contributed by atoms with Crippen molar-refractivity contribution in [2.75, 3.05) is 19.8 Å². The summed E-state index contributed by atoms with van der Waals surface area (Å²) in [6, 6.07) is 7.40. The number of phenolic OH excluding ortho intramolecular Hbond substituents is 1. The van der Waals surface area contributed by atoms with E-state index in [0.717, 1.165) is 24.9 Å². The molecular weight excluding hydrogens is 254 g/mol. The molecule has 4 nitrogen and oxygen atoms in total. The molecule has 0 radical (unpaired) electrons. The van der Waals surface area contributed by atoms with Gasteiger partial charge in [0.2, 0.25) is 0 Å². The summed E-state index contributed by atoms with van der Waals surface area (Å²) in [5.74, 6) is 0.290. The molecule has 1 atom stereocenters. The van der Waals surface area contributed by atoms with Crippen LogP contribution in [-0.2, 0) is 15.9 Å². The zero-order valence-electron chi connectivity index (χ0n) is 12.8. The maximum atomic E-state index is 9.34. The van der Waals surface area contributed by atoms with Gasteiger partial charge in [0.1, 0.15) is 5.75 Å². The van der Waals surface area contributed by atoms with Crippen LogP contribution >= 0.6 is 0 Å². The van der Waals surface area contributed by atoms with Crippen LogP contribution in [-0.4, -0.2) is 37.2 Å². The average molecular weight is 281 g/mol. The Hall–Kier alpha value is -1.10. The number of rotatable bonds is 10. The van der Waals surface area contributed by atoms with E-state index < -0.39 is 0 Å². The van der Waals surface area contributed by atoms with Crippen LogP contribution in [0.1, 0.15) is 32.8 Å². The SMILES string of the molecule is CCCNC(Cc1ccc(O)cc1)C(OCC)OCC. The molecule has 0 aliphatic heterocycles. The minimum Gasteiger partial charge on any atom is -0.508 e. The molecule has 0 heterocycles. The fourth-order valence-electron chi connectivity index (χ4n) is 2.09. The molecule has 1 unspecified atom stereocenters. The van der Waals surface area contributed by atoms with Gasteiger partial charge in [-0.15, -0.1) is 0 Å². The van der Waals surface area contributed by atoms with Gasteiger partial charge in [-0.05, 0) is 50.9 Å². The summed E-state index contributed by atoms with van der Waals surface area (Å²) in [5, 5.41) is 12.8. The van der Waals surface area contributed by atoms with Crippen LogP contribution in [0.25, 0.3) is 0 Å². The topological polar surface area (TPSA) is 50.7 Å². The van der Waals surface area contributed by atoms with E-state index in [1.807, 2.05) is 26.0 Å². The number of hydrogen-bond acceptors (Lipinski definition) is 4. The summed E-state index contributed by atoms with van der Waals surface area (Å²) < 4.78 is 11.4. The van der Waals surface area contributed by atoms with Crippen molar-refractivity contribution in [3.8, 4) is 5.75 Å². The van der Waals surface area contributed by atoms with Crippen molar-refractivity contribution in [2.24, 2.45) is 0 Å². The van der Waals surface area contributed by atoms with Crippen LogP contribution in [0.3, 0.4) is 0 Å². The molecule has 0 saturated carbocycles. The van der Waals surface area contributed by atoms with E-state index in [2.05, 4.69) is 12.2 Å². The first-order valence-corrected chi connectivity index (χ1v) is 7.45. The lowest BCUT2D eigenvalue weighted by Crippen LogP contribution is -2.45. The van der Waals surface area contributed by atoms with E-state index in [1.165, 1.54) is 0 Å². The van der Waals surface area contributed by atoms with Gasteiger partial charge < -0.3 is 19.9 Å². The Morgan fingerprint density at radius 2 is 1.65 bits per heavy atom. The number of aromatic hydroxyl groups is 1. The van der Waals surface area contributed by atoms with Gasteiger partial charge in [0.25, 0.3) is 0 Å². The van der Waals surface area contributed by atoms with Gasteiger partial charge in [-0.2, -0.15) is 0 Å². The van der Waals surface area contributed by atoms with Crippen molar-refractivity contribution in [1.82, 2.24) is 5.32 Å². The lowest BCUT2D eigenvalue weighted by Gasteiger charge is -2.28. The lowest BCUT2D eigenvalue weighted by atomic mass is 10.0. The monoisotopic (exact) mass is 281 g/mol. The van der Waals surface area contributed by atoms with Crippen LogP contribution in [0.2, 0.25) is 0 Å². The molecule has 0 bridgehead atoms. The van der Waals surface area contributed by atoms with Gasteiger partial charge in [0.05, 0.1) is 6.04 Å². The maximum absolute atomic E-state index is 9.34. The quantitative estimate of drug-likeness (QED) is 0.647. The highest BCUT2D eigenvalue weighted by molar-refractivity contribution is 5.26. The first-order valence-electron chi connectivity index (χ1n) is 7.45. The molecule has 4 heteroatoms. The molecule has 114 valence electrons. The first-order chi connectivity index (χ1) is 9.71. The molecule has 1 rings (SSSR count). The molecule has 20 heavy (non-hydrogen) atoms. The Bertz CT molecular complexity index is 347. The third-order valence-corrected chi connectivity index (χ3v) is 3.04. The van der Waals surface area contributed by atoms with Crippen molar-refractivity contribution in [3.63, 3.8) is 0 Å². The largest absolute Gasteiger partial charge is 0.508 e. The van der Waals surface area contributed by atoms with Gasteiger partial charge in [-0.1, -0.05) is 19.1 Å². The summed E-state index contributed by atoms with van der Waals surface area (Å²) in [7, 11) is 0. The van der Waals surface area contributed by atoms with Crippen LogP contribution in [0.5, 0.6) is 5.75 Å². The van der Waals surface area contributed by atoms with E-state index >= 15 is 0 Å². The van der Waals surface area contributed by atoms with Gasteiger partial charge in [0.15, 0.2) is 6.29 Å². The Morgan fingerprint density at radius 3 is 2.15 bits per heavy atom. The number of phenols is 1. The Labute approximate surface area is 122 Å². The number of ether oxygens (including phenoxy) is 2. The minimum absolute atomic E-state index is 0.111. The van der Waals surface area contributed by atoms with E-state index in [9.17, 15) is 5.11 Å². The molecule has 1 aromatic rings. The standard InChI is InChI=1S/C16H27NO3/c1-4-11-17-15(16(19-5-2)20-6-3)12-13-7-9-14(18)10-8-13/h7-10,15-18H,4-6,11-12H2,1-3H3. The van der Waals surface area contributed by atoms with Crippen LogP contribution in [0.15, 0.2) is 24.3 Å². The molecule has 0 aliphatic rings. The lowest BCUT2D eigenvalue weighted by molar-refractivity contribution is -0.153. The highest BCUT2D eigenvalue weighted by Crippen LogP contribution is 2.14. The number of hydrogen-bond donors (Lipinski definition) is 2.